The van der Waals surface area contributed by atoms with Gasteiger partial charge in [0.1, 0.15) is 5.75 Å². The van der Waals surface area contributed by atoms with Gasteiger partial charge in [-0.25, -0.2) is 9.59 Å². The summed E-state index contributed by atoms with van der Waals surface area (Å²) in [6, 6.07) is 3.49. The van der Waals surface area contributed by atoms with E-state index in [1.165, 1.54) is 25.3 Å². The maximum atomic E-state index is 11.7. The second-order valence-electron chi connectivity index (χ2n) is 3.98. The summed E-state index contributed by atoms with van der Waals surface area (Å²) < 4.78 is 4.97. The predicted molar refractivity (Wildman–Crippen MR) is 75.7 cm³/mol. The Labute approximate surface area is 121 Å². The number of carboxylic acid groups (broad SMARTS) is 1. The molecule has 0 radical (unpaired) electrons. The first-order valence-corrected chi connectivity index (χ1v) is 6.20. The van der Waals surface area contributed by atoms with E-state index in [-0.39, 0.29) is 23.7 Å². The molecule has 0 spiro atoms. The van der Waals surface area contributed by atoms with Crippen LogP contribution in [-0.4, -0.2) is 43.2 Å². The molecule has 8 heteroatoms. The topological polar surface area (TPSA) is 117 Å². The van der Waals surface area contributed by atoms with Gasteiger partial charge in [0.15, 0.2) is 0 Å². The lowest BCUT2D eigenvalue weighted by Crippen LogP contribution is -2.39. The number of ether oxygens (including phenoxy) is 1. The highest BCUT2D eigenvalue weighted by molar-refractivity contribution is 6.01. The highest BCUT2D eigenvalue weighted by Gasteiger charge is 2.14. The summed E-state index contributed by atoms with van der Waals surface area (Å²) in [5.41, 5.74) is -0.000732. The predicted octanol–water partition coefficient (Wildman–Crippen LogP) is 0.651. The summed E-state index contributed by atoms with van der Waals surface area (Å²) in [7, 11) is 1.43. The van der Waals surface area contributed by atoms with E-state index in [0.29, 0.717) is 12.3 Å². The SMILES string of the molecule is CCNC(=O)CNC(=O)Nc1cc(OC)ccc1C(=O)O. The number of carbonyl (C=O) groups excluding carboxylic acids is 2. The van der Waals surface area contributed by atoms with Crippen molar-refractivity contribution in [3.8, 4) is 5.75 Å². The van der Waals surface area contributed by atoms with Crippen molar-refractivity contribution in [2.75, 3.05) is 25.5 Å². The molecular weight excluding hydrogens is 278 g/mol. The number of methoxy groups -OCH3 is 1. The summed E-state index contributed by atoms with van der Waals surface area (Å²) in [4.78, 5) is 33.9. The zero-order valence-corrected chi connectivity index (χ0v) is 11.7. The third-order valence-corrected chi connectivity index (χ3v) is 2.49. The third kappa shape index (κ3) is 5.01. The number of benzene rings is 1. The molecule has 0 aliphatic rings. The molecular formula is C13H17N3O5. The first-order valence-electron chi connectivity index (χ1n) is 6.20. The molecule has 0 unspecified atom stereocenters. The summed E-state index contributed by atoms with van der Waals surface area (Å²) in [6.07, 6.45) is 0. The van der Waals surface area contributed by atoms with Crippen LogP contribution >= 0.6 is 0 Å². The lowest BCUT2D eigenvalue weighted by molar-refractivity contribution is -0.119. The number of nitrogens with one attached hydrogen (secondary N) is 3. The van der Waals surface area contributed by atoms with Crippen LogP contribution in [0.5, 0.6) is 5.75 Å². The standard InChI is InChI=1S/C13H17N3O5/c1-3-14-11(17)7-15-13(20)16-10-6-8(21-2)4-5-9(10)12(18)19/h4-6H,3,7H2,1-2H3,(H,14,17)(H,18,19)(H2,15,16,20). The quantitative estimate of drug-likeness (QED) is 0.615. The van der Waals surface area contributed by atoms with Gasteiger partial charge in [0, 0.05) is 12.6 Å². The molecule has 1 aromatic rings. The van der Waals surface area contributed by atoms with Gasteiger partial charge in [0.25, 0.3) is 0 Å². The number of rotatable bonds is 6. The minimum absolute atomic E-state index is 0.0789. The van der Waals surface area contributed by atoms with Crippen molar-refractivity contribution in [3.63, 3.8) is 0 Å². The van der Waals surface area contributed by atoms with Crippen molar-refractivity contribution >= 4 is 23.6 Å². The van der Waals surface area contributed by atoms with Crippen LogP contribution in [0.4, 0.5) is 10.5 Å². The monoisotopic (exact) mass is 295 g/mol. The first kappa shape index (κ1) is 16.3. The zero-order chi connectivity index (χ0) is 15.8. The largest absolute Gasteiger partial charge is 0.497 e. The van der Waals surface area contributed by atoms with E-state index in [1.54, 1.807) is 6.92 Å². The lowest BCUT2D eigenvalue weighted by atomic mass is 10.1. The molecule has 8 nitrogen and oxygen atoms in total. The van der Waals surface area contributed by atoms with Gasteiger partial charge in [-0.15, -0.1) is 0 Å². The van der Waals surface area contributed by atoms with Crippen LogP contribution in [0.2, 0.25) is 0 Å². The van der Waals surface area contributed by atoms with Crippen molar-refractivity contribution in [1.29, 1.82) is 0 Å². The summed E-state index contributed by atoms with van der Waals surface area (Å²) >= 11 is 0. The Hall–Kier alpha value is -2.77. The zero-order valence-electron chi connectivity index (χ0n) is 11.7. The Kier molecular flexibility index (Phi) is 5.99. The molecule has 0 aliphatic carbocycles. The molecule has 0 fully saturated rings. The smallest absolute Gasteiger partial charge is 0.337 e. The van der Waals surface area contributed by atoms with Crippen molar-refractivity contribution < 1.29 is 24.2 Å². The van der Waals surface area contributed by atoms with E-state index < -0.39 is 12.0 Å². The van der Waals surface area contributed by atoms with Crippen molar-refractivity contribution in [2.24, 2.45) is 0 Å². The number of hydrogen-bond acceptors (Lipinski definition) is 4. The van der Waals surface area contributed by atoms with Gasteiger partial charge in [0.2, 0.25) is 5.91 Å². The molecule has 0 bridgehead atoms. The number of anilines is 1. The van der Waals surface area contributed by atoms with E-state index >= 15 is 0 Å². The molecule has 1 aromatic carbocycles. The number of urea groups is 1. The van der Waals surface area contributed by atoms with Gasteiger partial charge in [-0.05, 0) is 19.1 Å². The summed E-state index contributed by atoms with van der Waals surface area (Å²) in [5.74, 6) is -1.12. The van der Waals surface area contributed by atoms with Crippen molar-refractivity contribution in [2.45, 2.75) is 6.92 Å². The van der Waals surface area contributed by atoms with Gasteiger partial charge in [-0.1, -0.05) is 0 Å². The number of hydrogen-bond donors (Lipinski definition) is 4. The Morgan fingerprint density at radius 3 is 2.52 bits per heavy atom. The number of carboxylic acids is 1. The van der Waals surface area contributed by atoms with Crippen LogP contribution in [0, 0.1) is 0 Å². The Balaban J connectivity index is 2.74. The van der Waals surface area contributed by atoms with E-state index in [2.05, 4.69) is 16.0 Å². The molecule has 0 atom stereocenters. The Morgan fingerprint density at radius 1 is 1.24 bits per heavy atom. The Bertz CT molecular complexity index is 545. The average molecular weight is 295 g/mol. The normalized spacial score (nSPS) is 9.62. The minimum Gasteiger partial charge on any atom is -0.497 e. The molecule has 0 aliphatic heterocycles. The molecule has 1 rings (SSSR count). The number of amides is 3. The van der Waals surface area contributed by atoms with Gasteiger partial charge in [-0.2, -0.15) is 0 Å². The van der Waals surface area contributed by atoms with Crippen LogP contribution in [0.3, 0.4) is 0 Å². The molecule has 0 heterocycles. The van der Waals surface area contributed by atoms with Gasteiger partial charge in [-0.3, -0.25) is 4.79 Å². The van der Waals surface area contributed by atoms with E-state index in [1.807, 2.05) is 0 Å². The fraction of sp³-hybridized carbons (Fsp3) is 0.308. The number of likely N-dealkylation sites (N-methyl/N-ethyl adjacent to an activating group) is 1. The van der Waals surface area contributed by atoms with Gasteiger partial charge < -0.3 is 25.8 Å². The maximum absolute atomic E-state index is 11.7. The minimum atomic E-state index is -1.18. The maximum Gasteiger partial charge on any atom is 0.337 e. The molecule has 3 amide bonds. The second-order valence-corrected chi connectivity index (χ2v) is 3.98. The second kappa shape index (κ2) is 7.73. The summed E-state index contributed by atoms with van der Waals surface area (Å²) in [5, 5.41) is 16.3. The van der Waals surface area contributed by atoms with E-state index in [4.69, 9.17) is 9.84 Å². The van der Waals surface area contributed by atoms with E-state index in [0.717, 1.165) is 0 Å². The molecule has 4 N–H and O–H groups in total. The van der Waals surface area contributed by atoms with E-state index in [9.17, 15) is 14.4 Å². The lowest BCUT2D eigenvalue weighted by Gasteiger charge is -2.11. The van der Waals surface area contributed by atoms with Crippen LogP contribution in [0.1, 0.15) is 17.3 Å². The average Bonchev–Trinajstić information content (AvgIpc) is 2.45. The van der Waals surface area contributed by atoms with Crippen LogP contribution in [-0.2, 0) is 4.79 Å². The molecule has 0 aromatic heterocycles. The fourth-order valence-electron chi connectivity index (χ4n) is 1.53. The third-order valence-electron chi connectivity index (χ3n) is 2.49. The summed E-state index contributed by atoms with van der Waals surface area (Å²) in [6.45, 7) is 2.01. The van der Waals surface area contributed by atoms with Crippen molar-refractivity contribution in [1.82, 2.24) is 10.6 Å². The highest BCUT2D eigenvalue weighted by Crippen LogP contribution is 2.22. The molecule has 0 saturated heterocycles. The Morgan fingerprint density at radius 2 is 1.95 bits per heavy atom. The van der Waals surface area contributed by atoms with Crippen LogP contribution < -0.4 is 20.7 Å². The first-order chi connectivity index (χ1) is 9.97. The molecule has 21 heavy (non-hydrogen) atoms. The molecule has 0 saturated carbocycles. The highest BCUT2D eigenvalue weighted by atomic mass is 16.5. The van der Waals surface area contributed by atoms with Crippen LogP contribution in [0.25, 0.3) is 0 Å². The molecule has 114 valence electrons. The van der Waals surface area contributed by atoms with Gasteiger partial charge >= 0.3 is 12.0 Å². The van der Waals surface area contributed by atoms with Gasteiger partial charge in [0.05, 0.1) is 24.9 Å². The van der Waals surface area contributed by atoms with Crippen LogP contribution in [0.15, 0.2) is 18.2 Å². The fourth-order valence-corrected chi connectivity index (χ4v) is 1.53. The van der Waals surface area contributed by atoms with Crippen molar-refractivity contribution in [3.05, 3.63) is 23.8 Å². The number of carbonyl (C=O) groups is 3. The number of aromatic carboxylic acids is 1.